The highest BCUT2D eigenvalue weighted by atomic mass is 35.5. The van der Waals surface area contributed by atoms with Gasteiger partial charge in [0, 0.05) is 0 Å². The number of hydrogen-bond acceptors (Lipinski definition) is 3. The van der Waals surface area contributed by atoms with Crippen molar-refractivity contribution in [1.29, 1.82) is 0 Å². The number of nitrogens with zero attached hydrogens (tertiary/aromatic N) is 1. The number of amides is 1. The van der Waals surface area contributed by atoms with Crippen LogP contribution in [0.25, 0.3) is 0 Å². The minimum Gasteiger partial charge on any atom is -0.508 e. The van der Waals surface area contributed by atoms with Gasteiger partial charge in [0.25, 0.3) is 5.91 Å². The maximum Gasteiger partial charge on any atom is 0.255 e. The van der Waals surface area contributed by atoms with E-state index >= 15 is 0 Å². The summed E-state index contributed by atoms with van der Waals surface area (Å²) in [6.07, 6.45) is 0.616. The first-order valence-corrected chi connectivity index (χ1v) is 5.83. The molecule has 1 amide bonds. The number of rotatable bonds is 2. The topological polar surface area (TPSA) is 60.8 Å². The van der Waals surface area contributed by atoms with Gasteiger partial charge in [-0.2, -0.15) is 0 Å². The largest absolute Gasteiger partial charge is 0.508 e. The molecule has 0 unspecified atom stereocenters. The SMILES string of the molecule is CCC1(O)CN(C(=O)c2cc(O)ccc2Cl)C1. The Morgan fingerprint density at radius 2 is 2.18 bits per heavy atom. The van der Waals surface area contributed by atoms with Gasteiger partial charge in [-0.3, -0.25) is 4.79 Å². The molecule has 2 rings (SSSR count). The highest BCUT2D eigenvalue weighted by Crippen LogP contribution is 2.29. The van der Waals surface area contributed by atoms with Gasteiger partial charge in [0.05, 0.1) is 29.3 Å². The molecule has 0 aromatic heterocycles. The molecular weight excluding hydrogens is 242 g/mol. The van der Waals surface area contributed by atoms with E-state index < -0.39 is 5.60 Å². The van der Waals surface area contributed by atoms with Crippen molar-refractivity contribution in [3.63, 3.8) is 0 Å². The molecule has 1 aromatic carbocycles. The van der Waals surface area contributed by atoms with Crippen LogP contribution in [0, 0.1) is 0 Å². The fraction of sp³-hybridized carbons (Fsp3) is 0.417. The average Bonchev–Trinajstić information content (AvgIpc) is 2.27. The molecule has 5 heteroatoms. The van der Waals surface area contributed by atoms with Gasteiger partial charge in [0.2, 0.25) is 0 Å². The molecule has 1 saturated heterocycles. The summed E-state index contributed by atoms with van der Waals surface area (Å²) < 4.78 is 0. The lowest BCUT2D eigenvalue weighted by molar-refractivity contribution is -0.0826. The first-order valence-electron chi connectivity index (χ1n) is 5.45. The van der Waals surface area contributed by atoms with E-state index in [9.17, 15) is 15.0 Å². The third-order valence-corrected chi connectivity index (χ3v) is 3.43. The van der Waals surface area contributed by atoms with Crippen LogP contribution in [0.1, 0.15) is 23.7 Å². The van der Waals surface area contributed by atoms with E-state index in [2.05, 4.69) is 0 Å². The predicted molar refractivity (Wildman–Crippen MR) is 64.3 cm³/mol. The molecule has 1 fully saturated rings. The standard InChI is InChI=1S/C12H14ClNO3/c1-2-12(17)6-14(7-12)11(16)9-5-8(15)3-4-10(9)13/h3-5,15,17H,2,6-7H2,1H3. The zero-order valence-corrected chi connectivity index (χ0v) is 10.2. The van der Waals surface area contributed by atoms with Crippen LogP contribution in [0.5, 0.6) is 5.75 Å². The van der Waals surface area contributed by atoms with Crippen molar-refractivity contribution in [2.45, 2.75) is 18.9 Å². The Kier molecular flexibility index (Phi) is 3.02. The molecule has 0 bridgehead atoms. The normalized spacial score (nSPS) is 17.7. The van der Waals surface area contributed by atoms with E-state index in [0.717, 1.165) is 0 Å². The van der Waals surface area contributed by atoms with Crippen LogP contribution in [0.4, 0.5) is 0 Å². The van der Waals surface area contributed by atoms with Crippen LogP contribution in [0.15, 0.2) is 18.2 Å². The second kappa shape index (κ2) is 4.20. The maximum absolute atomic E-state index is 12.0. The number of halogens is 1. The van der Waals surface area contributed by atoms with Gasteiger partial charge in [-0.15, -0.1) is 0 Å². The third-order valence-electron chi connectivity index (χ3n) is 3.10. The van der Waals surface area contributed by atoms with Gasteiger partial charge in [-0.05, 0) is 24.6 Å². The summed E-state index contributed by atoms with van der Waals surface area (Å²) in [5.74, 6) is -0.256. The Hall–Kier alpha value is -1.26. The zero-order chi connectivity index (χ0) is 12.6. The second-order valence-corrected chi connectivity index (χ2v) is 4.81. The van der Waals surface area contributed by atoms with E-state index in [-0.39, 0.29) is 17.2 Å². The Balaban J connectivity index is 2.14. The van der Waals surface area contributed by atoms with Gasteiger partial charge < -0.3 is 15.1 Å². The van der Waals surface area contributed by atoms with Crippen LogP contribution in [0.3, 0.4) is 0 Å². The summed E-state index contributed by atoms with van der Waals surface area (Å²) in [5.41, 5.74) is -0.497. The molecule has 0 spiro atoms. The molecule has 1 heterocycles. The van der Waals surface area contributed by atoms with Crippen molar-refractivity contribution in [1.82, 2.24) is 4.90 Å². The molecule has 2 N–H and O–H groups in total. The molecule has 0 aliphatic carbocycles. The third kappa shape index (κ3) is 2.23. The average molecular weight is 256 g/mol. The van der Waals surface area contributed by atoms with E-state index in [1.165, 1.54) is 23.1 Å². The molecule has 0 saturated carbocycles. The van der Waals surface area contributed by atoms with Gasteiger partial charge >= 0.3 is 0 Å². The van der Waals surface area contributed by atoms with Gasteiger partial charge in [0.1, 0.15) is 5.75 Å². The molecular formula is C12H14ClNO3. The number of aromatic hydroxyl groups is 1. The lowest BCUT2D eigenvalue weighted by Gasteiger charge is -2.46. The Labute approximate surface area is 104 Å². The lowest BCUT2D eigenvalue weighted by atomic mass is 9.90. The van der Waals surface area contributed by atoms with Crippen molar-refractivity contribution in [3.05, 3.63) is 28.8 Å². The molecule has 0 radical (unpaired) electrons. The quantitative estimate of drug-likeness (QED) is 0.845. The summed E-state index contributed by atoms with van der Waals surface area (Å²) in [4.78, 5) is 13.5. The molecule has 92 valence electrons. The molecule has 1 aliphatic rings. The van der Waals surface area contributed by atoms with Crippen molar-refractivity contribution >= 4 is 17.5 Å². The van der Waals surface area contributed by atoms with Crippen LogP contribution < -0.4 is 0 Å². The molecule has 0 atom stereocenters. The predicted octanol–water partition coefficient (Wildman–Crippen LogP) is 1.64. The van der Waals surface area contributed by atoms with E-state index in [1.54, 1.807) is 0 Å². The lowest BCUT2D eigenvalue weighted by Crippen LogP contribution is -2.63. The van der Waals surface area contributed by atoms with Crippen LogP contribution >= 0.6 is 11.6 Å². The fourth-order valence-electron chi connectivity index (χ4n) is 1.88. The molecule has 1 aromatic rings. The minimum atomic E-state index is -0.765. The number of aliphatic hydroxyl groups is 1. The zero-order valence-electron chi connectivity index (χ0n) is 9.48. The number of hydrogen-bond donors (Lipinski definition) is 2. The van der Waals surface area contributed by atoms with Crippen LogP contribution in [0.2, 0.25) is 5.02 Å². The molecule has 4 nitrogen and oxygen atoms in total. The van der Waals surface area contributed by atoms with Gasteiger partial charge in [-0.1, -0.05) is 18.5 Å². The first-order chi connectivity index (χ1) is 7.95. The van der Waals surface area contributed by atoms with Crippen molar-refractivity contribution < 1.29 is 15.0 Å². The summed E-state index contributed by atoms with van der Waals surface area (Å²) in [6.45, 7) is 2.51. The highest BCUT2D eigenvalue weighted by molar-refractivity contribution is 6.33. The number of β-amino-alcohol motifs (C(OH)–C–C–N with tert-alkyl or cyclic N) is 1. The minimum absolute atomic E-state index is 0.00373. The molecule has 1 aliphatic heterocycles. The summed E-state index contributed by atoms with van der Waals surface area (Å²) in [6, 6.07) is 4.25. The van der Waals surface area contributed by atoms with Crippen LogP contribution in [-0.4, -0.2) is 39.7 Å². The van der Waals surface area contributed by atoms with E-state index in [1.807, 2.05) is 6.92 Å². The number of phenols is 1. The fourth-order valence-corrected chi connectivity index (χ4v) is 2.08. The monoisotopic (exact) mass is 255 g/mol. The number of likely N-dealkylation sites (tertiary alicyclic amines) is 1. The van der Waals surface area contributed by atoms with Crippen molar-refractivity contribution in [3.8, 4) is 5.75 Å². The first kappa shape index (κ1) is 12.2. The van der Waals surface area contributed by atoms with Gasteiger partial charge in [0.15, 0.2) is 0 Å². The Morgan fingerprint density at radius 3 is 2.76 bits per heavy atom. The number of carbonyl (C=O) groups excluding carboxylic acids is 1. The van der Waals surface area contributed by atoms with E-state index in [4.69, 9.17) is 11.6 Å². The number of benzene rings is 1. The smallest absolute Gasteiger partial charge is 0.255 e. The summed E-state index contributed by atoms with van der Waals surface area (Å²) >= 11 is 5.90. The van der Waals surface area contributed by atoms with Crippen molar-refractivity contribution in [2.75, 3.05) is 13.1 Å². The second-order valence-electron chi connectivity index (χ2n) is 4.40. The Bertz CT molecular complexity index is 455. The van der Waals surface area contributed by atoms with Crippen molar-refractivity contribution in [2.24, 2.45) is 0 Å². The Morgan fingerprint density at radius 1 is 1.53 bits per heavy atom. The summed E-state index contributed by atoms with van der Waals surface area (Å²) in [5, 5.41) is 19.5. The molecule has 17 heavy (non-hydrogen) atoms. The highest BCUT2D eigenvalue weighted by Gasteiger charge is 2.42. The number of phenolic OH excluding ortho intramolecular Hbond substituents is 1. The van der Waals surface area contributed by atoms with E-state index in [0.29, 0.717) is 24.5 Å². The van der Waals surface area contributed by atoms with Crippen LogP contribution in [-0.2, 0) is 0 Å². The maximum atomic E-state index is 12.0. The summed E-state index contributed by atoms with van der Waals surface area (Å²) in [7, 11) is 0. The van der Waals surface area contributed by atoms with Gasteiger partial charge in [-0.25, -0.2) is 0 Å². The number of carbonyl (C=O) groups is 1.